The molecular weight excluding hydrogens is 240 g/mol. The highest BCUT2D eigenvalue weighted by Crippen LogP contribution is 2.42. The van der Waals surface area contributed by atoms with Gasteiger partial charge in [-0.2, -0.15) is 0 Å². The minimum absolute atomic E-state index is 0.354. The van der Waals surface area contributed by atoms with E-state index in [-0.39, 0.29) is 0 Å². The van der Waals surface area contributed by atoms with E-state index in [0.29, 0.717) is 25.0 Å². The molecule has 0 bridgehead atoms. The van der Waals surface area contributed by atoms with Crippen molar-refractivity contribution in [2.75, 3.05) is 20.3 Å². The highest BCUT2D eigenvalue weighted by Gasteiger charge is 2.31. The molecule has 3 unspecified atom stereocenters. The molecule has 0 aromatic heterocycles. The Hall–Kier alpha value is -1.06. The van der Waals surface area contributed by atoms with Crippen LogP contribution in [0.1, 0.15) is 37.9 Å². The molecule has 0 spiro atoms. The summed E-state index contributed by atoms with van der Waals surface area (Å²) in [6.07, 6.45) is 3.12. The van der Waals surface area contributed by atoms with Crippen molar-refractivity contribution in [3.8, 4) is 5.75 Å². The van der Waals surface area contributed by atoms with Gasteiger partial charge >= 0.3 is 0 Å². The third-order valence-electron chi connectivity index (χ3n) is 4.12. The zero-order valence-electron chi connectivity index (χ0n) is 11.8. The van der Waals surface area contributed by atoms with Gasteiger partial charge in [0.1, 0.15) is 12.4 Å². The number of aliphatic hydroxyl groups is 1. The largest absolute Gasteiger partial charge is 0.491 e. The Morgan fingerprint density at radius 2 is 2.05 bits per heavy atom. The molecule has 1 aliphatic carbocycles. The molecule has 0 aliphatic heterocycles. The molecule has 3 heteroatoms. The van der Waals surface area contributed by atoms with Gasteiger partial charge in [0.2, 0.25) is 0 Å². The van der Waals surface area contributed by atoms with Crippen LogP contribution in [0.2, 0.25) is 0 Å². The van der Waals surface area contributed by atoms with Crippen molar-refractivity contribution in [3.05, 3.63) is 29.8 Å². The summed E-state index contributed by atoms with van der Waals surface area (Å²) in [6, 6.07) is 7.80. The average molecular weight is 264 g/mol. The Bertz CT molecular complexity index is 391. The first kappa shape index (κ1) is 14.4. The van der Waals surface area contributed by atoms with Gasteiger partial charge in [-0.25, -0.2) is 0 Å². The van der Waals surface area contributed by atoms with E-state index in [4.69, 9.17) is 9.47 Å². The van der Waals surface area contributed by atoms with Crippen LogP contribution in [0.25, 0.3) is 0 Å². The molecule has 1 aromatic carbocycles. The highest BCUT2D eigenvalue weighted by atomic mass is 16.5. The molecular formula is C16H24O3. The van der Waals surface area contributed by atoms with Crippen molar-refractivity contribution in [2.24, 2.45) is 11.8 Å². The molecule has 3 atom stereocenters. The van der Waals surface area contributed by atoms with E-state index < -0.39 is 6.10 Å². The maximum Gasteiger partial charge on any atom is 0.125 e. The zero-order valence-corrected chi connectivity index (χ0v) is 11.8. The summed E-state index contributed by atoms with van der Waals surface area (Å²) in [6.45, 7) is 3.31. The third kappa shape index (κ3) is 3.48. The minimum atomic E-state index is -0.420. The lowest BCUT2D eigenvalue weighted by Crippen LogP contribution is -2.16. The van der Waals surface area contributed by atoms with Gasteiger partial charge in [-0.05, 0) is 24.3 Å². The predicted octanol–water partition coefficient (Wildman–Crippen LogP) is 3.18. The van der Waals surface area contributed by atoms with Gasteiger partial charge < -0.3 is 14.6 Å². The highest BCUT2D eigenvalue weighted by molar-refractivity contribution is 5.35. The second kappa shape index (κ2) is 6.92. The summed E-state index contributed by atoms with van der Waals surface area (Å²) < 4.78 is 10.7. The van der Waals surface area contributed by atoms with Crippen molar-refractivity contribution in [1.29, 1.82) is 0 Å². The van der Waals surface area contributed by atoms with E-state index in [1.54, 1.807) is 7.11 Å². The maximum atomic E-state index is 10.6. The fraction of sp³-hybridized carbons (Fsp3) is 0.625. The van der Waals surface area contributed by atoms with E-state index in [0.717, 1.165) is 17.7 Å². The van der Waals surface area contributed by atoms with Crippen LogP contribution in [0.3, 0.4) is 0 Å². The zero-order chi connectivity index (χ0) is 13.7. The number of benzene rings is 1. The number of ether oxygens (including phenoxy) is 2. The van der Waals surface area contributed by atoms with Crippen LogP contribution >= 0.6 is 0 Å². The van der Waals surface area contributed by atoms with Crippen LogP contribution in [0.15, 0.2) is 24.3 Å². The minimum Gasteiger partial charge on any atom is -0.491 e. The Balaban J connectivity index is 2.09. The smallest absolute Gasteiger partial charge is 0.125 e. The summed E-state index contributed by atoms with van der Waals surface area (Å²) >= 11 is 0. The molecule has 3 nitrogen and oxygen atoms in total. The van der Waals surface area contributed by atoms with Gasteiger partial charge in [-0.3, -0.25) is 0 Å². The number of hydrogen-bond donors (Lipinski definition) is 1. The van der Waals surface area contributed by atoms with E-state index in [1.807, 2.05) is 24.3 Å². The molecule has 0 saturated heterocycles. The van der Waals surface area contributed by atoms with Crippen LogP contribution in [0.4, 0.5) is 0 Å². The summed E-state index contributed by atoms with van der Waals surface area (Å²) in [4.78, 5) is 0. The SMILES string of the molecule is COCCOc1ccccc1C(O)C1CCCC1C. The lowest BCUT2D eigenvalue weighted by molar-refractivity contribution is 0.0845. The fourth-order valence-electron chi connectivity index (χ4n) is 2.97. The van der Waals surface area contributed by atoms with E-state index in [2.05, 4.69) is 6.92 Å². The van der Waals surface area contributed by atoms with Crippen molar-refractivity contribution < 1.29 is 14.6 Å². The standard InChI is InChI=1S/C16H24O3/c1-12-6-5-8-13(12)16(17)14-7-3-4-9-15(14)19-11-10-18-2/h3-4,7,9,12-13,16-17H,5-6,8,10-11H2,1-2H3. The Morgan fingerprint density at radius 3 is 2.74 bits per heavy atom. The number of para-hydroxylation sites is 1. The monoisotopic (exact) mass is 264 g/mol. The first-order valence-electron chi connectivity index (χ1n) is 7.12. The van der Waals surface area contributed by atoms with Crippen molar-refractivity contribution in [1.82, 2.24) is 0 Å². The topological polar surface area (TPSA) is 38.7 Å². The summed E-state index contributed by atoms with van der Waals surface area (Å²) in [5.41, 5.74) is 0.914. The lowest BCUT2D eigenvalue weighted by Gasteiger charge is -2.24. The molecule has 0 heterocycles. The first-order valence-corrected chi connectivity index (χ1v) is 7.12. The van der Waals surface area contributed by atoms with Gasteiger partial charge in [0.05, 0.1) is 12.7 Å². The van der Waals surface area contributed by atoms with E-state index in [9.17, 15) is 5.11 Å². The first-order chi connectivity index (χ1) is 9.24. The molecule has 1 fully saturated rings. The van der Waals surface area contributed by atoms with Crippen LogP contribution < -0.4 is 4.74 Å². The number of rotatable bonds is 6. The predicted molar refractivity (Wildman–Crippen MR) is 75.3 cm³/mol. The van der Waals surface area contributed by atoms with Gasteiger partial charge in [0.15, 0.2) is 0 Å². The number of methoxy groups -OCH3 is 1. The van der Waals surface area contributed by atoms with Gasteiger partial charge in [0, 0.05) is 12.7 Å². The Morgan fingerprint density at radius 1 is 1.26 bits per heavy atom. The Kier molecular flexibility index (Phi) is 5.23. The lowest BCUT2D eigenvalue weighted by atomic mass is 9.88. The Labute approximate surface area is 115 Å². The fourth-order valence-corrected chi connectivity index (χ4v) is 2.97. The quantitative estimate of drug-likeness (QED) is 0.802. The number of aliphatic hydroxyl groups excluding tert-OH is 1. The second-order valence-corrected chi connectivity index (χ2v) is 5.40. The van der Waals surface area contributed by atoms with Crippen molar-refractivity contribution in [3.63, 3.8) is 0 Å². The normalized spacial score (nSPS) is 24.4. The van der Waals surface area contributed by atoms with Crippen LogP contribution in [-0.2, 0) is 4.74 Å². The molecule has 0 radical (unpaired) electrons. The van der Waals surface area contributed by atoms with Gasteiger partial charge in [0.25, 0.3) is 0 Å². The van der Waals surface area contributed by atoms with Crippen LogP contribution in [-0.4, -0.2) is 25.4 Å². The maximum absolute atomic E-state index is 10.6. The van der Waals surface area contributed by atoms with Crippen LogP contribution in [0.5, 0.6) is 5.75 Å². The van der Waals surface area contributed by atoms with E-state index >= 15 is 0 Å². The number of hydrogen-bond acceptors (Lipinski definition) is 3. The molecule has 1 N–H and O–H groups in total. The summed E-state index contributed by atoms with van der Waals surface area (Å²) in [5, 5.41) is 10.6. The van der Waals surface area contributed by atoms with Crippen molar-refractivity contribution in [2.45, 2.75) is 32.3 Å². The molecule has 1 saturated carbocycles. The summed E-state index contributed by atoms with van der Waals surface area (Å²) in [7, 11) is 1.66. The molecule has 1 aliphatic rings. The van der Waals surface area contributed by atoms with E-state index in [1.165, 1.54) is 12.8 Å². The molecule has 2 rings (SSSR count). The molecule has 0 amide bonds. The van der Waals surface area contributed by atoms with Crippen LogP contribution in [0, 0.1) is 11.8 Å². The van der Waals surface area contributed by atoms with Gasteiger partial charge in [-0.1, -0.05) is 38.0 Å². The van der Waals surface area contributed by atoms with Crippen molar-refractivity contribution >= 4 is 0 Å². The summed E-state index contributed by atoms with van der Waals surface area (Å²) in [5.74, 6) is 1.72. The molecule has 1 aromatic rings. The second-order valence-electron chi connectivity index (χ2n) is 5.40. The molecule has 19 heavy (non-hydrogen) atoms. The van der Waals surface area contributed by atoms with Gasteiger partial charge in [-0.15, -0.1) is 0 Å². The molecule has 106 valence electrons. The third-order valence-corrected chi connectivity index (χ3v) is 4.12. The average Bonchev–Trinajstić information content (AvgIpc) is 2.85.